The van der Waals surface area contributed by atoms with Crippen molar-refractivity contribution in [3.8, 4) is 0 Å². The summed E-state index contributed by atoms with van der Waals surface area (Å²) in [5.41, 5.74) is -4.67. The molecule has 0 bridgehead atoms. The maximum absolute atomic E-state index is 12.6. The third-order valence-corrected chi connectivity index (χ3v) is 3.59. The Morgan fingerprint density at radius 1 is 0.679 bits per heavy atom. The third-order valence-electron chi connectivity index (χ3n) is 3.59. The molecule has 3 N–H and O–H groups in total. The third kappa shape index (κ3) is 8.14. The van der Waals surface area contributed by atoms with Crippen molar-refractivity contribution in [1.29, 1.82) is 0 Å². The molecule has 0 aromatic rings. The first-order chi connectivity index (χ1) is 12.3. The SMILES string of the molecule is CCOC(=O)C(C)(C)NC(=O)C(C)(C)NC(=O)C(C)(C)NC(=O)OC(C)(C)C. The van der Waals surface area contributed by atoms with Gasteiger partial charge in [-0.25, -0.2) is 9.59 Å². The van der Waals surface area contributed by atoms with Gasteiger partial charge in [-0.2, -0.15) is 0 Å². The molecule has 0 atom stereocenters. The van der Waals surface area contributed by atoms with Crippen molar-refractivity contribution in [2.45, 2.75) is 91.5 Å². The first-order valence-electron chi connectivity index (χ1n) is 9.17. The van der Waals surface area contributed by atoms with E-state index in [1.54, 1.807) is 27.7 Å². The maximum Gasteiger partial charge on any atom is 0.408 e. The summed E-state index contributed by atoms with van der Waals surface area (Å²) in [7, 11) is 0. The maximum atomic E-state index is 12.6. The Balaban J connectivity index is 5.10. The highest BCUT2D eigenvalue weighted by molar-refractivity contribution is 5.97. The van der Waals surface area contributed by atoms with Gasteiger partial charge >= 0.3 is 12.1 Å². The molecule has 3 amide bonds. The number of alkyl carbamates (subject to hydrolysis) is 1. The predicted octanol–water partition coefficient (Wildman–Crippen LogP) is 1.64. The second-order valence-electron chi connectivity index (χ2n) is 9.13. The fourth-order valence-corrected chi connectivity index (χ4v) is 1.91. The smallest absolute Gasteiger partial charge is 0.408 e. The van der Waals surface area contributed by atoms with E-state index in [2.05, 4.69) is 16.0 Å². The summed E-state index contributed by atoms with van der Waals surface area (Å²) in [6.07, 6.45) is -0.752. The van der Waals surface area contributed by atoms with E-state index in [-0.39, 0.29) is 6.61 Å². The summed E-state index contributed by atoms with van der Waals surface area (Å²) in [5.74, 6) is -1.75. The molecule has 0 heterocycles. The van der Waals surface area contributed by atoms with Gasteiger partial charge in [-0.15, -0.1) is 0 Å². The zero-order valence-electron chi connectivity index (χ0n) is 18.7. The van der Waals surface area contributed by atoms with Gasteiger partial charge in [-0.1, -0.05) is 0 Å². The van der Waals surface area contributed by atoms with Crippen molar-refractivity contribution >= 4 is 23.9 Å². The molecule has 162 valence electrons. The summed E-state index contributed by atoms with van der Waals surface area (Å²) in [6.45, 7) is 15.9. The van der Waals surface area contributed by atoms with Crippen LogP contribution in [0.15, 0.2) is 0 Å². The molecular formula is C19H35N3O6. The van der Waals surface area contributed by atoms with Crippen molar-refractivity contribution in [1.82, 2.24) is 16.0 Å². The molecule has 0 aliphatic rings. The Labute approximate surface area is 167 Å². The normalized spacial score (nSPS) is 12.6. The molecule has 0 rings (SSSR count). The number of hydrogen-bond donors (Lipinski definition) is 3. The van der Waals surface area contributed by atoms with Crippen LogP contribution in [0, 0.1) is 0 Å². The highest BCUT2D eigenvalue weighted by atomic mass is 16.6. The number of esters is 1. The number of amides is 3. The Morgan fingerprint density at radius 3 is 1.46 bits per heavy atom. The van der Waals surface area contributed by atoms with Crippen LogP contribution < -0.4 is 16.0 Å². The first kappa shape index (κ1) is 25.7. The van der Waals surface area contributed by atoms with E-state index < -0.39 is 46.1 Å². The molecule has 0 radical (unpaired) electrons. The Morgan fingerprint density at radius 2 is 1.07 bits per heavy atom. The van der Waals surface area contributed by atoms with Crippen molar-refractivity contribution in [2.24, 2.45) is 0 Å². The van der Waals surface area contributed by atoms with Crippen LogP contribution in [-0.2, 0) is 23.9 Å². The minimum absolute atomic E-state index is 0.183. The second-order valence-corrected chi connectivity index (χ2v) is 9.13. The van der Waals surface area contributed by atoms with E-state index in [0.717, 1.165) is 0 Å². The van der Waals surface area contributed by atoms with Gasteiger partial charge in [-0.05, 0) is 69.2 Å². The van der Waals surface area contributed by atoms with Crippen molar-refractivity contribution in [3.63, 3.8) is 0 Å². The zero-order chi connectivity index (χ0) is 22.6. The fourth-order valence-electron chi connectivity index (χ4n) is 1.91. The molecule has 0 spiro atoms. The number of carbonyl (C=O) groups excluding carboxylic acids is 4. The zero-order valence-corrected chi connectivity index (χ0v) is 18.7. The summed E-state index contributed by atoms with van der Waals surface area (Å²) < 4.78 is 10.1. The van der Waals surface area contributed by atoms with E-state index in [4.69, 9.17) is 9.47 Å². The molecule has 9 nitrogen and oxygen atoms in total. The van der Waals surface area contributed by atoms with Gasteiger partial charge in [0.1, 0.15) is 22.2 Å². The van der Waals surface area contributed by atoms with Gasteiger partial charge in [0.2, 0.25) is 11.8 Å². The number of ether oxygens (including phenoxy) is 2. The number of hydrogen-bond acceptors (Lipinski definition) is 6. The second kappa shape index (κ2) is 8.79. The Hall–Kier alpha value is -2.32. The molecule has 0 saturated carbocycles. The lowest BCUT2D eigenvalue weighted by atomic mass is 9.97. The van der Waals surface area contributed by atoms with Crippen molar-refractivity contribution in [2.75, 3.05) is 6.61 Å². The van der Waals surface area contributed by atoms with E-state index in [1.165, 1.54) is 41.5 Å². The molecular weight excluding hydrogens is 366 g/mol. The van der Waals surface area contributed by atoms with Gasteiger partial charge in [0, 0.05) is 0 Å². The summed E-state index contributed by atoms with van der Waals surface area (Å²) in [4.78, 5) is 49.2. The average molecular weight is 402 g/mol. The number of carbonyl (C=O) groups is 4. The standard InChI is InChI=1S/C19H35N3O6/c1-11-27-14(25)19(9,10)21-12(23)17(5,6)20-13(24)18(7,8)22-15(26)28-16(2,3)4/h11H2,1-10H3,(H,20,24)(H,21,23)(H,22,26). The molecule has 0 fully saturated rings. The molecule has 0 aromatic heterocycles. The molecule has 0 aliphatic carbocycles. The summed E-state index contributed by atoms with van der Waals surface area (Å²) in [5, 5.41) is 7.63. The molecule has 0 unspecified atom stereocenters. The van der Waals surface area contributed by atoms with Crippen LogP contribution in [0.4, 0.5) is 4.79 Å². The quantitative estimate of drug-likeness (QED) is 0.557. The fraction of sp³-hybridized carbons (Fsp3) is 0.789. The molecule has 9 heteroatoms. The minimum atomic E-state index is -1.35. The van der Waals surface area contributed by atoms with Crippen molar-refractivity contribution in [3.05, 3.63) is 0 Å². The summed E-state index contributed by atoms with van der Waals surface area (Å²) in [6, 6.07) is 0. The van der Waals surface area contributed by atoms with Gasteiger partial charge < -0.3 is 25.4 Å². The summed E-state index contributed by atoms with van der Waals surface area (Å²) >= 11 is 0. The molecule has 28 heavy (non-hydrogen) atoms. The molecule has 0 saturated heterocycles. The van der Waals surface area contributed by atoms with Crippen LogP contribution in [0.1, 0.15) is 69.2 Å². The minimum Gasteiger partial charge on any atom is -0.464 e. The monoisotopic (exact) mass is 401 g/mol. The lowest BCUT2D eigenvalue weighted by Crippen LogP contribution is -2.65. The van der Waals surface area contributed by atoms with Gasteiger partial charge in [0.05, 0.1) is 6.61 Å². The largest absolute Gasteiger partial charge is 0.464 e. The van der Waals surface area contributed by atoms with Crippen LogP contribution in [0.3, 0.4) is 0 Å². The highest BCUT2D eigenvalue weighted by Crippen LogP contribution is 2.14. The Bertz CT molecular complexity index is 618. The van der Waals surface area contributed by atoms with Crippen LogP contribution in [0.5, 0.6) is 0 Å². The van der Waals surface area contributed by atoms with Gasteiger partial charge in [-0.3, -0.25) is 9.59 Å². The van der Waals surface area contributed by atoms with Crippen LogP contribution in [-0.4, -0.2) is 52.7 Å². The molecule has 0 aromatic carbocycles. The van der Waals surface area contributed by atoms with E-state index in [0.29, 0.717) is 0 Å². The topological polar surface area (TPSA) is 123 Å². The first-order valence-corrected chi connectivity index (χ1v) is 9.17. The van der Waals surface area contributed by atoms with E-state index >= 15 is 0 Å². The lowest BCUT2D eigenvalue weighted by molar-refractivity contribution is -0.152. The highest BCUT2D eigenvalue weighted by Gasteiger charge is 2.40. The van der Waals surface area contributed by atoms with Crippen molar-refractivity contribution < 1.29 is 28.7 Å². The lowest BCUT2D eigenvalue weighted by Gasteiger charge is -2.34. The van der Waals surface area contributed by atoms with Crippen LogP contribution >= 0.6 is 0 Å². The van der Waals surface area contributed by atoms with E-state index in [9.17, 15) is 19.2 Å². The van der Waals surface area contributed by atoms with Crippen LogP contribution in [0.25, 0.3) is 0 Å². The predicted molar refractivity (Wildman–Crippen MR) is 105 cm³/mol. The van der Waals surface area contributed by atoms with Crippen LogP contribution in [0.2, 0.25) is 0 Å². The average Bonchev–Trinajstić information content (AvgIpc) is 2.43. The molecule has 0 aliphatic heterocycles. The van der Waals surface area contributed by atoms with Gasteiger partial charge in [0.25, 0.3) is 0 Å². The number of nitrogens with one attached hydrogen (secondary N) is 3. The van der Waals surface area contributed by atoms with Gasteiger partial charge in [0.15, 0.2) is 0 Å². The Kier molecular flexibility index (Phi) is 8.06. The van der Waals surface area contributed by atoms with E-state index in [1.807, 2.05) is 0 Å². The number of rotatable bonds is 7.